The minimum Gasteiger partial charge on any atom is -0.332 e. The standard InChI is InChI=1S/3C18H15S.C3H6O3S.C2H4O3S/c3*1-4-10-16(11-5-1)19(17-12-6-2-7-13-17)18-14-8-3-9-15-18;1-2-3-7(4,5)6;1-2-6(3,4)5/h3*1-15H;2H,1,3H2,(H,4,5,6);2H,1H2,(H,3,4,5)/q3*+1;;/p+2. The Bertz CT molecular complexity index is 2490. The summed E-state index contributed by atoms with van der Waals surface area (Å²) >= 11 is 0. The lowest BCUT2D eigenvalue weighted by atomic mass is 10.4. The van der Waals surface area contributed by atoms with Crippen molar-refractivity contribution in [2.45, 2.75) is 44.1 Å². The number of benzene rings is 9. The lowest BCUT2D eigenvalue weighted by Gasteiger charge is -2.07. The van der Waals surface area contributed by atoms with Gasteiger partial charge in [0.15, 0.2) is 44.1 Å². The van der Waals surface area contributed by atoms with Crippen molar-refractivity contribution in [1.29, 1.82) is 0 Å². The van der Waals surface area contributed by atoms with Crippen LogP contribution in [0.2, 0.25) is 0 Å². The van der Waals surface area contributed by atoms with Gasteiger partial charge in [-0.25, -0.2) is 0 Å². The molecule has 4 N–H and O–H groups in total. The molecule has 70 heavy (non-hydrogen) atoms. The summed E-state index contributed by atoms with van der Waals surface area (Å²) < 4.78 is 51.0. The molecule has 0 aromatic heterocycles. The Hall–Kier alpha value is -6.67. The summed E-state index contributed by atoms with van der Waals surface area (Å²) in [5.41, 5.74) is 0. The maximum absolute atomic E-state index is 9.83. The van der Waals surface area contributed by atoms with Crippen molar-refractivity contribution in [2.24, 2.45) is 0 Å². The number of hydrogen-bond donors (Lipinski definition) is 0. The largest absolute Gasteiger partial charge is 0.401 e. The first-order valence-corrected chi connectivity index (χ1v) is 28.7. The van der Waals surface area contributed by atoms with E-state index in [1.807, 2.05) is 0 Å². The van der Waals surface area contributed by atoms with Gasteiger partial charge in [0.1, 0.15) is 11.2 Å². The second-order valence-corrected chi connectivity index (χ2v) is 23.6. The molecule has 0 bridgehead atoms. The molecule has 0 aliphatic rings. The van der Waals surface area contributed by atoms with E-state index in [9.17, 15) is 16.8 Å². The van der Waals surface area contributed by atoms with Crippen molar-refractivity contribution in [3.8, 4) is 0 Å². The summed E-state index contributed by atoms with van der Waals surface area (Å²) in [7, 11) is -7.23. The van der Waals surface area contributed by atoms with Crippen LogP contribution < -0.4 is 0 Å². The minimum atomic E-state index is -3.65. The molecule has 9 aromatic carbocycles. The minimum absolute atomic E-state index is 0.0146. The van der Waals surface area contributed by atoms with E-state index in [-0.39, 0.29) is 38.4 Å². The zero-order valence-corrected chi connectivity index (χ0v) is 42.5. The lowest BCUT2D eigenvalue weighted by molar-refractivity contribution is 0.486. The monoisotopic (exact) mass is 1020 g/mol. The summed E-state index contributed by atoms with van der Waals surface area (Å²) in [6.07, 6.45) is 1.18. The van der Waals surface area contributed by atoms with Gasteiger partial charge in [-0.3, -0.25) is 0 Å². The van der Waals surface area contributed by atoms with Crippen molar-refractivity contribution in [3.63, 3.8) is 0 Å². The lowest BCUT2D eigenvalue weighted by Crippen LogP contribution is -2.04. The molecule has 0 saturated heterocycles. The van der Waals surface area contributed by atoms with Crippen molar-refractivity contribution in [3.05, 3.63) is 298 Å². The van der Waals surface area contributed by atoms with Crippen LogP contribution in [0, 0.1) is 0 Å². The van der Waals surface area contributed by atoms with E-state index < -0.39 is 20.2 Å². The molecule has 9 aromatic rings. The molecule has 0 fully saturated rings. The Morgan fingerprint density at radius 2 is 0.429 bits per heavy atom. The highest BCUT2D eigenvalue weighted by Crippen LogP contribution is 2.33. The van der Waals surface area contributed by atoms with Crippen LogP contribution in [0.3, 0.4) is 0 Å². The first-order valence-electron chi connectivity index (χ1n) is 21.9. The van der Waals surface area contributed by atoms with Crippen LogP contribution in [0.25, 0.3) is 0 Å². The Morgan fingerprint density at radius 3 is 0.500 bits per heavy atom. The van der Waals surface area contributed by atoms with Crippen LogP contribution in [0.15, 0.2) is 342 Å². The van der Waals surface area contributed by atoms with Crippen LogP contribution in [-0.4, -0.2) is 31.7 Å². The molecule has 0 unspecified atom stereocenters. The normalized spacial score (nSPS) is 10.6. The first-order chi connectivity index (χ1) is 34.0. The van der Waals surface area contributed by atoms with Crippen LogP contribution in [0.1, 0.15) is 0 Å². The average Bonchev–Trinajstić information content (AvgIpc) is 3.40. The maximum Gasteiger partial charge on any atom is 0.401 e. The molecule has 0 atom stereocenters. The molecule has 0 heterocycles. The SMILES string of the molecule is C=CCS(=O)(=O)[OH2+].C=CS(=O)(=O)[OH2+].c1ccc([S+](c2ccccc2)c2ccccc2)cc1.c1ccc([S+](c2ccccc2)c2ccccc2)cc1.c1ccc([S+](c2ccccc2)c2ccccc2)cc1. The molecule has 6 nitrogen and oxygen atoms in total. The molecule has 0 saturated carbocycles. The Kier molecular flexibility index (Phi) is 22.8. The molecule has 11 heteroatoms. The van der Waals surface area contributed by atoms with E-state index >= 15 is 0 Å². The average molecular weight is 1020 g/mol. The van der Waals surface area contributed by atoms with Gasteiger partial charge in [-0.2, -0.15) is 8.42 Å². The van der Waals surface area contributed by atoms with E-state index in [0.717, 1.165) is 0 Å². The second kappa shape index (κ2) is 29.4. The fourth-order valence-electron chi connectivity index (χ4n) is 6.39. The Balaban J connectivity index is 0.000000174. The number of rotatable bonds is 12. The van der Waals surface area contributed by atoms with E-state index in [1.54, 1.807) is 0 Å². The van der Waals surface area contributed by atoms with E-state index in [0.29, 0.717) is 5.41 Å². The molecule has 0 aliphatic heterocycles. The molecular weight excluding hydrogens is 965 g/mol. The van der Waals surface area contributed by atoms with Gasteiger partial charge in [-0.1, -0.05) is 176 Å². The summed E-state index contributed by atoms with van der Waals surface area (Å²) in [6.45, 7) is 6.00. The topological polar surface area (TPSA) is 114 Å². The highest BCUT2D eigenvalue weighted by atomic mass is 32.2. The third-order valence-electron chi connectivity index (χ3n) is 9.37. The zero-order valence-electron chi connectivity index (χ0n) is 38.4. The van der Waals surface area contributed by atoms with Gasteiger partial charge < -0.3 is 9.11 Å². The quantitative estimate of drug-likeness (QED) is 0.0895. The predicted octanol–water partition coefficient (Wildman–Crippen LogP) is 12.8. The summed E-state index contributed by atoms with van der Waals surface area (Å²) in [5, 5.41) is 0.576. The summed E-state index contributed by atoms with van der Waals surface area (Å²) in [6, 6.07) is 96.5. The van der Waals surface area contributed by atoms with Gasteiger partial charge in [-0.15, -0.1) is 15.0 Å². The fraction of sp³-hybridized carbons (Fsp3) is 0.0169. The second-order valence-electron chi connectivity index (χ2n) is 14.5. The molecule has 0 radical (unpaired) electrons. The molecule has 0 aliphatic carbocycles. The maximum atomic E-state index is 9.83. The van der Waals surface area contributed by atoms with Crippen LogP contribution in [-0.2, 0) is 52.9 Å². The molecule has 0 amide bonds. The summed E-state index contributed by atoms with van der Waals surface area (Å²) in [5.74, 6) is -0.257. The van der Waals surface area contributed by atoms with Crippen LogP contribution in [0.4, 0.5) is 0 Å². The van der Waals surface area contributed by atoms with Crippen molar-refractivity contribution in [2.75, 3.05) is 5.75 Å². The van der Waals surface area contributed by atoms with Gasteiger partial charge in [0.2, 0.25) is 0 Å². The van der Waals surface area contributed by atoms with Gasteiger partial charge in [0.25, 0.3) is 0 Å². The van der Waals surface area contributed by atoms with E-state index in [4.69, 9.17) is 9.11 Å². The highest BCUT2D eigenvalue weighted by molar-refractivity contribution is 7.97. The Morgan fingerprint density at radius 1 is 0.300 bits per heavy atom. The predicted molar refractivity (Wildman–Crippen MR) is 295 cm³/mol. The van der Waals surface area contributed by atoms with Gasteiger partial charge in [-0.05, 0) is 109 Å². The van der Waals surface area contributed by atoms with E-state index in [1.165, 1.54) is 50.1 Å². The fourth-order valence-corrected chi connectivity index (χ4v) is 13.0. The molecule has 9 rings (SSSR count). The molecule has 354 valence electrons. The van der Waals surface area contributed by atoms with Crippen molar-refractivity contribution < 1.29 is 25.9 Å². The van der Waals surface area contributed by atoms with Crippen molar-refractivity contribution >= 4 is 52.9 Å². The molecular formula is C59H57O6S5+5. The Labute approximate surface area is 423 Å². The summed E-state index contributed by atoms with van der Waals surface area (Å²) in [4.78, 5) is 12.2. The van der Waals surface area contributed by atoms with Crippen LogP contribution >= 0.6 is 0 Å². The van der Waals surface area contributed by atoms with Crippen molar-refractivity contribution in [1.82, 2.24) is 0 Å². The first kappa shape index (κ1) is 54.3. The number of hydrogen-bond acceptors (Lipinski definition) is 4. The molecule has 0 spiro atoms. The third kappa shape index (κ3) is 19.0. The van der Waals surface area contributed by atoms with E-state index in [2.05, 4.69) is 286 Å². The van der Waals surface area contributed by atoms with Gasteiger partial charge >= 0.3 is 20.2 Å². The third-order valence-corrected chi connectivity index (χ3v) is 17.2. The zero-order chi connectivity index (χ0) is 49.9. The van der Waals surface area contributed by atoms with Gasteiger partial charge in [0, 0.05) is 0 Å². The van der Waals surface area contributed by atoms with Crippen LogP contribution in [0.5, 0.6) is 0 Å². The smallest absolute Gasteiger partial charge is 0.332 e. The van der Waals surface area contributed by atoms with Gasteiger partial charge in [0.05, 0.1) is 32.7 Å². The highest BCUT2D eigenvalue weighted by Gasteiger charge is 2.29.